The van der Waals surface area contributed by atoms with Crippen LogP contribution in [0.2, 0.25) is 0 Å². The molecule has 0 unspecified atom stereocenters. The average molecular weight is 426 g/mol. The molecule has 1 fully saturated rings. The van der Waals surface area contributed by atoms with Gasteiger partial charge in [0.25, 0.3) is 0 Å². The number of aryl methyl sites for hydroxylation is 1. The molecule has 0 bridgehead atoms. The van der Waals surface area contributed by atoms with Crippen molar-refractivity contribution in [1.82, 2.24) is 14.4 Å². The molecule has 1 saturated heterocycles. The molecule has 30 heavy (non-hydrogen) atoms. The van der Waals surface area contributed by atoms with Crippen molar-refractivity contribution < 1.29 is 18.0 Å². The fourth-order valence-corrected chi connectivity index (χ4v) is 5.20. The van der Waals surface area contributed by atoms with E-state index in [0.29, 0.717) is 37.1 Å². The lowest BCUT2D eigenvalue weighted by Gasteiger charge is -2.32. The number of hydrogen-bond donors (Lipinski definition) is 0. The van der Waals surface area contributed by atoms with E-state index in [-0.39, 0.29) is 22.2 Å². The molecule has 156 valence electrons. The van der Waals surface area contributed by atoms with E-state index in [1.807, 2.05) is 19.1 Å². The number of carbonyl (C=O) groups excluding carboxylic acids is 2. The first-order valence-corrected chi connectivity index (χ1v) is 11.3. The van der Waals surface area contributed by atoms with E-state index in [2.05, 4.69) is 0 Å². The molecular formula is C22H23N3O4S. The van der Waals surface area contributed by atoms with Crippen molar-refractivity contribution in [2.45, 2.75) is 23.3 Å². The summed E-state index contributed by atoms with van der Waals surface area (Å²) in [5.41, 5.74) is 1.68. The highest BCUT2D eigenvalue weighted by atomic mass is 32.2. The van der Waals surface area contributed by atoms with Crippen molar-refractivity contribution in [2.24, 2.45) is 0 Å². The molecule has 1 aromatic heterocycles. The van der Waals surface area contributed by atoms with Gasteiger partial charge in [-0.15, -0.1) is 0 Å². The number of fused-ring (bicyclic) bond motifs is 1. The second-order valence-corrected chi connectivity index (χ2v) is 9.40. The van der Waals surface area contributed by atoms with Gasteiger partial charge in [-0.25, -0.2) is 8.42 Å². The highest BCUT2D eigenvalue weighted by Crippen LogP contribution is 2.30. The van der Waals surface area contributed by atoms with Crippen LogP contribution in [-0.4, -0.2) is 61.3 Å². The first-order chi connectivity index (χ1) is 14.4. The van der Waals surface area contributed by atoms with Crippen molar-refractivity contribution in [1.29, 1.82) is 0 Å². The molecule has 0 radical (unpaired) electrons. The van der Waals surface area contributed by atoms with Crippen LogP contribution in [0.1, 0.15) is 5.56 Å². The van der Waals surface area contributed by atoms with Crippen molar-refractivity contribution in [3.63, 3.8) is 0 Å². The van der Waals surface area contributed by atoms with E-state index < -0.39 is 9.84 Å². The Morgan fingerprint density at radius 2 is 1.67 bits per heavy atom. The van der Waals surface area contributed by atoms with E-state index in [1.54, 1.807) is 57.0 Å². The lowest BCUT2D eigenvalue weighted by Crippen LogP contribution is -2.48. The maximum Gasteiger partial charge on any atom is 0.242 e. The summed E-state index contributed by atoms with van der Waals surface area (Å²) in [5, 5.41) is 0.594. The minimum absolute atomic E-state index is 0.0466. The molecule has 1 aliphatic heterocycles. The predicted octanol–water partition coefficient (Wildman–Crippen LogP) is 2.08. The molecule has 8 heteroatoms. The maximum absolute atomic E-state index is 13.3. The van der Waals surface area contributed by atoms with Crippen molar-refractivity contribution in [2.75, 3.05) is 26.2 Å². The third kappa shape index (κ3) is 3.70. The molecule has 2 amide bonds. The van der Waals surface area contributed by atoms with Gasteiger partial charge in [0, 0.05) is 43.3 Å². The Morgan fingerprint density at radius 3 is 2.33 bits per heavy atom. The van der Waals surface area contributed by atoms with E-state index in [0.717, 1.165) is 12.0 Å². The van der Waals surface area contributed by atoms with Gasteiger partial charge in [-0.05, 0) is 25.1 Å². The Bertz CT molecular complexity index is 1190. The van der Waals surface area contributed by atoms with E-state index in [1.165, 1.54) is 0 Å². The molecule has 1 aliphatic rings. The molecular weight excluding hydrogens is 402 g/mol. The number of amides is 2. The number of aromatic nitrogens is 1. The van der Waals surface area contributed by atoms with Gasteiger partial charge in [0.2, 0.25) is 22.2 Å². The normalized spacial score (nSPS) is 14.8. The summed E-state index contributed by atoms with van der Waals surface area (Å²) in [6.45, 7) is 3.92. The van der Waals surface area contributed by atoms with Gasteiger partial charge in [0.15, 0.2) is 0 Å². The van der Waals surface area contributed by atoms with Gasteiger partial charge in [-0.1, -0.05) is 35.9 Å². The van der Waals surface area contributed by atoms with Crippen molar-refractivity contribution in [3.8, 4) is 0 Å². The molecule has 4 rings (SSSR count). The monoisotopic (exact) mass is 425 g/mol. The van der Waals surface area contributed by atoms with E-state index in [4.69, 9.17) is 0 Å². The Morgan fingerprint density at radius 1 is 1.00 bits per heavy atom. The van der Waals surface area contributed by atoms with Crippen LogP contribution in [-0.2, 0) is 26.0 Å². The SMILES string of the molecule is Cc1ccc(S(=O)(=O)c2cn(CC(=O)N3CCN(C=O)CC3)c3ccccc23)cc1. The van der Waals surface area contributed by atoms with Crippen LogP contribution in [0, 0.1) is 6.92 Å². The van der Waals surface area contributed by atoms with E-state index >= 15 is 0 Å². The number of carbonyl (C=O) groups is 2. The minimum Gasteiger partial charge on any atom is -0.342 e. The molecule has 0 saturated carbocycles. The first-order valence-electron chi connectivity index (χ1n) is 9.77. The fraction of sp³-hybridized carbons (Fsp3) is 0.273. The van der Waals surface area contributed by atoms with Crippen LogP contribution < -0.4 is 0 Å². The molecule has 7 nitrogen and oxygen atoms in total. The number of para-hydroxylation sites is 1. The summed E-state index contributed by atoms with van der Waals surface area (Å²) in [4.78, 5) is 27.5. The van der Waals surface area contributed by atoms with E-state index in [9.17, 15) is 18.0 Å². The van der Waals surface area contributed by atoms with Gasteiger partial charge < -0.3 is 14.4 Å². The molecule has 0 spiro atoms. The van der Waals surface area contributed by atoms with Crippen LogP contribution >= 0.6 is 0 Å². The standard InChI is InChI=1S/C22H23N3O4S/c1-17-6-8-18(9-7-17)30(28,29)21-14-25(20-5-3-2-4-19(20)21)15-22(27)24-12-10-23(16-26)11-13-24/h2-9,14,16H,10-13,15H2,1H3. The zero-order valence-corrected chi connectivity index (χ0v) is 17.5. The molecule has 0 atom stereocenters. The lowest BCUT2D eigenvalue weighted by atomic mass is 10.2. The zero-order valence-electron chi connectivity index (χ0n) is 16.7. The van der Waals surface area contributed by atoms with Crippen LogP contribution in [0.3, 0.4) is 0 Å². The third-order valence-corrected chi connectivity index (χ3v) is 7.29. The predicted molar refractivity (Wildman–Crippen MR) is 113 cm³/mol. The van der Waals surface area contributed by atoms with Crippen LogP contribution in [0.4, 0.5) is 0 Å². The summed E-state index contributed by atoms with van der Waals surface area (Å²) in [7, 11) is -3.72. The number of piperazine rings is 1. The highest BCUT2D eigenvalue weighted by molar-refractivity contribution is 7.91. The number of rotatable bonds is 5. The second-order valence-electron chi connectivity index (χ2n) is 7.48. The Balaban J connectivity index is 1.67. The topological polar surface area (TPSA) is 79.7 Å². The summed E-state index contributed by atoms with van der Waals surface area (Å²) in [5.74, 6) is -0.0967. The molecule has 0 aliphatic carbocycles. The van der Waals surface area contributed by atoms with Crippen molar-refractivity contribution in [3.05, 3.63) is 60.3 Å². The van der Waals surface area contributed by atoms with Crippen LogP contribution in [0.25, 0.3) is 10.9 Å². The summed E-state index contributed by atoms with van der Waals surface area (Å²) in [6, 6.07) is 14.0. The number of benzene rings is 2. The minimum atomic E-state index is -3.72. The quantitative estimate of drug-likeness (QED) is 0.587. The summed E-state index contributed by atoms with van der Waals surface area (Å²) in [6.07, 6.45) is 2.35. The van der Waals surface area contributed by atoms with Gasteiger partial charge in [-0.3, -0.25) is 9.59 Å². The highest BCUT2D eigenvalue weighted by Gasteiger charge is 2.25. The molecule has 2 heterocycles. The molecule has 0 N–H and O–H groups in total. The van der Waals surface area contributed by atoms with Gasteiger partial charge >= 0.3 is 0 Å². The Kier molecular flexibility index (Phi) is 5.34. The maximum atomic E-state index is 13.3. The van der Waals surface area contributed by atoms with Crippen LogP contribution in [0.5, 0.6) is 0 Å². The molecule has 2 aromatic carbocycles. The zero-order chi connectivity index (χ0) is 21.3. The number of sulfone groups is 1. The fourth-order valence-electron chi connectivity index (χ4n) is 3.72. The van der Waals surface area contributed by atoms with Gasteiger partial charge in [-0.2, -0.15) is 0 Å². The summed E-state index contributed by atoms with van der Waals surface area (Å²) >= 11 is 0. The van der Waals surface area contributed by atoms with Gasteiger partial charge in [0.1, 0.15) is 6.54 Å². The Hall–Kier alpha value is -3.13. The van der Waals surface area contributed by atoms with Crippen LogP contribution in [0.15, 0.2) is 64.5 Å². The first kappa shape index (κ1) is 20.2. The average Bonchev–Trinajstić information content (AvgIpc) is 3.13. The summed E-state index contributed by atoms with van der Waals surface area (Å²) < 4.78 is 28.3. The lowest BCUT2D eigenvalue weighted by molar-refractivity contribution is -0.135. The molecule has 3 aromatic rings. The number of hydrogen-bond acceptors (Lipinski definition) is 4. The largest absolute Gasteiger partial charge is 0.342 e. The third-order valence-electron chi connectivity index (χ3n) is 5.49. The van der Waals surface area contributed by atoms with Crippen molar-refractivity contribution >= 4 is 33.1 Å². The second kappa shape index (κ2) is 7.95. The Labute approximate surface area is 175 Å². The smallest absolute Gasteiger partial charge is 0.242 e. The van der Waals surface area contributed by atoms with Gasteiger partial charge in [0.05, 0.1) is 9.79 Å². The number of nitrogens with zero attached hydrogens (tertiary/aromatic N) is 3.